The van der Waals surface area contributed by atoms with Crippen LogP contribution in [0.15, 0.2) is 24.3 Å². The maximum absolute atomic E-state index is 9.47. The molecule has 0 saturated carbocycles. The summed E-state index contributed by atoms with van der Waals surface area (Å²) in [5.74, 6) is 0.398. The van der Waals surface area contributed by atoms with Gasteiger partial charge < -0.3 is 5.11 Å². The number of unbranched alkanes of at least 4 members (excludes halogenated alkanes) is 18. The fraction of sp³-hybridized carbons (Fsp3) is 0.778. The average molecular weight is 389 g/mol. The topological polar surface area (TPSA) is 20.2 Å². The molecule has 0 spiro atoms. The monoisotopic (exact) mass is 388 g/mol. The summed E-state index contributed by atoms with van der Waals surface area (Å²) in [4.78, 5) is 0. The number of phenols is 1. The highest BCUT2D eigenvalue weighted by Gasteiger charge is 1.97. The summed E-state index contributed by atoms with van der Waals surface area (Å²) in [5.41, 5.74) is 1.27. The van der Waals surface area contributed by atoms with Crippen molar-refractivity contribution in [1.29, 1.82) is 0 Å². The Balaban J connectivity index is 1.71. The molecule has 1 aromatic rings. The van der Waals surface area contributed by atoms with Crippen LogP contribution < -0.4 is 0 Å². The van der Waals surface area contributed by atoms with E-state index in [4.69, 9.17) is 0 Å². The van der Waals surface area contributed by atoms with E-state index in [1.165, 1.54) is 128 Å². The molecular formula is C27H48O. The summed E-state index contributed by atoms with van der Waals surface area (Å²) in [6, 6.07) is 7.71. The van der Waals surface area contributed by atoms with Crippen LogP contribution in [-0.4, -0.2) is 5.11 Å². The zero-order valence-electron chi connectivity index (χ0n) is 18.9. The van der Waals surface area contributed by atoms with Crippen LogP contribution in [0.5, 0.6) is 5.75 Å². The van der Waals surface area contributed by atoms with Gasteiger partial charge in [0.25, 0.3) is 0 Å². The van der Waals surface area contributed by atoms with Crippen molar-refractivity contribution in [2.45, 2.75) is 135 Å². The second kappa shape index (κ2) is 19.3. The summed E-state index contributed by atoms with van der Waals surface area (Å²) in [7, 11) is 0. The molecule has 0 aromatic heterocycles. The molecule has 162 valence electrons. The van der Waals surface area contributed by atoms with E-state index in [-0.39, 0.29) is 0 Å². The zero-order valence-corrected chi connectivity index (χ0v) is 18.9. The molecule has 0 radical (unpaired) electrons. The van der Waals surface area contributed by atoms with Crippen molar-refractivity contribution in [3.63, 3.8) is 0 Å². The highest BCUT2D eigenvalue weighted by Crippen LogP contribution is 2.16. The number of rotatable bonds is 20. The van der Waals surface area contributed by atoms with Crippen molar-refractivity contribution in [2.24, 2.45) is 0 Å². The van der Waals surface area contributed by atoms with Gasteiger partial charge in [0.2, 0.25) is 0 Å². The van der Waals surface area contributed by atoms with Crippen molar-refractivity contribution in [2.75, 3.05) is 0 Å². The molecule has 28 heavy (non-hydrogen) atoms. The standard InChI is InChI=1S/C27H48O/c1-2-3-4-5-6-7-8-9-10-11-12-13-14-15-16-17-18-19-20-22-26-23-21-24-27(28)25-26/h21,23-25,28H,2-20,22H2,1H3. The molecule has 1 nitrogen and oxygen atoms in total. The van der Waals surface area contributed by atoms with Gasteiger partial charge in [-0.15, -0.1) is 0 Å². The van der Waals surface area contributed by atoms with Crippen molar-refractivity contribution < 1.29 is 5.11 Å². The highest BCUT2D eigenvalue weighted by atomic mass is 16.3. The number of aryl methyl sites for hydroxylation is 1. The molecule has 0 saturated heterocycles. The van der Waals surface area contributed by atoms with Crippen molar-refractivity contribution >= 4 is 0 Å². The Morgan fingerprint density at radius 3 is 1.32 bits per heavy atom. The second-order valence-corrected chi connectivity index (χ2v) is 8.78. The summed E-state index contributed by atoms with van der Waals surface area (Å²) in [6.07, 6.45) is 28.2. The summed E-state index contributed by atoms with van der Waals surface area (Å²) >= 11 is 0. The lowest BCUT2D eigenvalue weighted by Gasteiger charge is -2.04. The van der Waals surface area contributed by atoms with Gasteiger partial charge in [-0.05, 0) is 30.5 Å². The van der Waals surface area contributed by atoms with E-state index < -0.39 is 0 Å². The molecule has 0 aliphatic heterocycles. The van der Waals surface area contributed by atoms with E-state index in [0.717, 1.165) is 6.42 Å². The molecule has 0 aliphatic rings. The quantitative estimate of drug-likeness (QED) is 0.220. The fourth-order valence-corrected chi connectivity index (χ4v) is 4.12. The lowest BCUT2D eigenvalue weighted by Crippen LogP contribution is -1.86. The molecule has 0 unspecified atom stereocenters. The van der Waals surface area contributed by atoms with Crippen molar-refractivity contribution in [3.8, 4) is 5.75 Å². The molecule has 0 aliphatic carbocycles. The Labute approximate surface area is 176 Å². The Hall–Kier alpha value is -0.980. The predicted octanol–water partition coefficient (Wildman–Crippen LogP) is 9.37. The summed E-state index contributed by atoms with van der Waals surface area (Å²) in [5, 5.41) is 9.47. The third-order valence-electron chi connectivity index (χ3n) is 5.98. The first kappa shape index (κ1) is 25.1. The number of phenolic OH excluding ortho intramolecular Hbond substituents is 1. The van der Waals surface area contributed by atoms with Gasteiger partial charge in [0, 0.05) is 0 Å². The van der Waals surface area contributed by atoms with Gasteiger partial charge in [0.05, 0.1) is 0 Å². The Morgan fingerprint density at radius 2 is 0.929 bits per heavy atom. The van der Waals surface area contributed by atoms with Gasteiger partial charge in [-0.3, -0.25) is 0 Å². The van der Waals surface area contributed by atoms with E-state index in [2.05, 4.69) is 13.0 Å². The largest absolute Gasteiger partial charge is 0.508 e. The first-order valence-corrected chi connectivity index (χ1v) is 12.6. The Kier molecular flexibility index (Phi) is 17.3. The predicted molar refractivity (Wildman–Crippen MR) is 125 cm³/mol. The normalized spacial score (nSPS) is 11.2. The summed E-state index contributed by atoms with van der Waals surface area (Å²) < 4.78 is 0. The second-order valence-electron chi connectivity index (χ2n) is 8.78. The lowest BCUT2D eigenvalue weighted by atomic mass is 10.0. The number of benzene rings is 1. The molecule has 0 bridgehead atoms. The first-order valence-electron chi connectivity index (χ1n) is 12.6. The van der Waals surface area contributed by atoms with Gasteiger partial charge in [-0.2, -0.15) is 0 Å². The smallest absolute Gasteiger partial charge is 0.115 e. The van der Waals surface area contributed by atoms with Gasteiger partial charge in [-0.1, -0.05) is 135 Å². The lowest BCUT2D eigenvalue weighted by molar-refractivity contribution is 0.474. The van der Waals surface area contributed by atoms with Crippen LogP contribution in [0.25, 0.3) is 0 Å². The van der Waals surface area contributed by atoms with Crippen LogP contribution in [-0.2, 0) is 6.42 Å². The average Bonchev–Trinajstić information content (AvgIpc) is 2.70. The van der Waals surface area contributed by atoms with E-state index in [9.17, 15) is 5.11 Å². The minimum absolute atomic E-state index is 0.398. The van der Waals surface area contributed by atoms with Crippen LogP contribution in [0.1, 0.15) is 134 Å². The van der Waals surface area contributed by atoms with Crippen LogP contribution >= 0.6 is 0 Å². The van der Waals surface area contributed by atoms with Crippen LogP contribution in [0, 0.1) is 0 Å². The van der Waals surface area contributed by atoms with Crippen molar-refractivity contribution in [3.05, 3.63) is 29.8 Å². The third kappa shape index (κ3) is 16.0. The number of hydrogen-bond donors (Lipinski definition) is 1. The van der Waals surface area contributed by atoms with Gasteiger partial charge >= 0.3 is 0 Å². The fourth-order valence-electron chi connectivity index (χ4n) is 4.12. The van der Waals surface area contributed by atoms with Gasteiger partial charge in [0.1, 0.15) is 5.75 Å². The molecule has 0 amide bonds. The minimum atomic E-state index is 0.398. The third-order valence-corrected chi connectivity index (χ3v) is 5.98. The number of hydrogen-bond acceptors (Lipinski definition) is 1. The van der Waals surface area contributed by atoms with E-state index >= 15 is 0 Å². The van der Waals surface area contributed by atoms with Crippen LogP contribution in [0.2, 0.25) is 0 Å². The molecule has 1 N–H and O–H groups in total. The molecule has 0 heterocycles. The Morgan fingerprint density at radius 1 is 0.536 bits per heavy atom. The van der Waals surface area contributed by atoms with E-state index in [1.807, 2.05) is 12.1 Å². The molecule has 1 aromatic carbocycles. The maximum Gasteiger partial charge on any atom is 0.115 e. The maximum atomic E-state index is 9.47. The van der Waals surface area contributed by atoms with Gasteiger partial charge in [-0.25, -0.2) is 0 Å². The molecule has 1 rings (SSSR count). The van der Waals surface area contributed by atoms with E-state index in [0.29, 0.717) is 5.75 Å². The SMILES string of the molecule is CCCCCCCCCCCCCCCCCCCCCc1cccc(O)c1. The summed E-state index contributed by atoms with van der Waals surface area (Å²) in [6.45, 7) is 2.29. The van der Waals surface area contributed by atoms with Crippen LogP contribution in [0.3, 0.4) is 0 Å². The minimum Gasteiger partial charge on any atom is -0.508 e. The zero-order chi connectivity index (χ0) is 20.1. The highest BCUT2D eigenvalue weighted by molar-refractivity contribution is 5.27. The molecule has 1 heteroatoms. The van der Waals surface area contributed by atoms with E-state index in [1.54, 1.807) is 6.07 Å². The molecular weight excluding hydrogens is 340 g/mol. The number of aromatic hydroxyl groups is 1. The Bertz CT molecular complexity index is 440. The van der Waals surface area contributed by atoms with Gasteiger partial charge in [0.15, 0.2) is 0 Å². The van der Waals surface area contributed by atoms with Crippen LogP contribution in [0.4, 0.5) is 0 Å². The molecule has 0 atom stereocenters. The first-order chi connectivity index (χ1) is 13.8. The van der Waals surface area contributed by atoms with Crippen molar-refractivity contribution in [1.82, 2.24) is 0 Å². The molecule has 0 fully saturated rings.